The van der Waals surface area contributed by atoms with E-state index < -0.39 is 0 Å². The van der Waals surface area contributed by atoms with E-state index in [-0.39, 0.29) is 17.7 Å². The standard InChI is InChI=1S/C28H23IN2O2S/c1-17-12-24(10-11-25(17)29)31-18(2)13-23(19(31)3)15-26-27(32)30(28(33)34-26)16-20-8-9-21-6-4-5-7-22(21)14-20/h4-15H,16H2,1-3H3/b26-15-. The summed E-state index contributed by atoms with van der Waals surface area (Å²) in [7, 11) is 0. The summed E-state index contributed by atoms with van der Waals surface area (Å²) >= 11 is 3.35. The highest BCUT2D eigenvalue weighted by Crippen LogP contribution is 2.35. The number of nitrogens with zero attached hydrogens (tertiary/aromatic N) is 2. The van der Waals surface area contributed by atoms with Crippen LogP contribution in [0.2, 0.25) is 0 Å². The Kier molecular flexibility index (Phi) is 6.12. The van der Waals surface area contributed by atoms with Crippen LogP contribution in [0.3, 0.4) is 0 Å². The van der Waals surface area contributed by atoms with Crippen molar-refractivity contribution < 1.29 is 9.59 Å². The van der Waals surface area contributed by atoms with E-state index in [1.165, 1.54) is 14.0 Å². The second-order valence-electron chi connectivity index (χ2n) is 8.54. The second-order valence-corrected chi connectivity index (χ2v) is 10.7. The second kappa shape index (κ2) is 9.07. The summed E-state index contributed by atoms with van der Waals surface area (Å²) in [4.78, 5) is 27.7. The SMILES string of the molecule is Cc1cc(-n2c(C)cc(/C=C3\SC(=O)N(Cc4ccc5ccccc5c4)C3=O)c2C)ccc1I. The van der Waals surface area contributed by atoms with Crippen molar-refractivity contribution in [3.63, 3.8) is 0 Å². The van der Waals surface area contributed by atoms with Crippen LogP contribution in [-0.2, 0) is 11.3 Å². The molecular weight excluding hydrogens is 555 g/mol. The third kappa shape index (κ3) is 4.20. The van der Waals surface area contributed by atoms with Gasteiger partial charge < -0.3 is 4.57 Å². The molecule has 2 amide bonds. The van der Waals surface area contributed by atoms with E-state index in [2.05, 4.69) is 71.3 Å². The Morgan fingerprint density at radius 3 is 2.44 bits per heavy atom. The lowest BCUT2D eigenvalue weighted by Crippen LogP contribution is -2.27. The molecule has 1 fully saturated rings. The summed E-state index contributed by atoms with van der Waals surface area (Å²) in [6, 6.07) is 22.6. The molecule has 0 unspecified atom stereocenters. The van der Waals surface area contributed by atoms with Crippen LogP contribution in [0.25, 0.3) is 22.5 Å². The lowest BCUT2D eigenvalue weighted by molar-refractivity contribution is -0.123. The number of rotatable bonds is 4. The van der Waals surface area contributed by atoms with Crippen molar-refractivity contribution in [1.29, 1.82) is 0 Å². The van der Waals surface area contributed by atoms with Crippen LogP contribution in [0.4, 0.5) is 4.79 Å². The average Bonchev–Trinajstić information content (AvgIpc) is 3.24. The largest absolute Gasteiger partial charge is 0.318 e. The van der Waals surface area contributed by atoms with Crippen LogP contribution in [0.15, 0.2) is 71.6 Å². The van der Waals surface area contributed by atoms with Gasteiger partial charge in [0.25, 0.3) is 11.1 Å². The number of imide groups is 1. The number of benzene rings is 3. The Morgan fingerprint density at radius 1 is 0.912 bits per heavy atom. The third-order valence-electron chi connectivity index (χ3n) is 6.18. The summed E-state index contributed by atoms with van der Waals surface area (Å²) in [6.45, 7) is 6.48. The molecule has 1 saturated heterocycles. The molecule has 0 N–H and O–H groups in total. The maximum absolute atomic E-state index is 13.2. The van der Waals surface area contributed by atoms with Crippen LogP contribution in [0.5, 0.6) is 0 Å². The molecule has 0 aliphatic carbocycles. The predicted octanol–water partition coefficient (Wildman–Crippen LogP) is 7.40. The van der Waals surface area contributed by atoms with Gasteiger partial charge in [0.05, 0.1) is 11.4 Å². The number of thioether (sulfide) groups is 1. The molecule has 2 heterocycles. The summed E-state index contributed by atoms with van der Waals surface area (Å²) in [5, 5.41) is 2.01. The minimum atomic E-state index is -0.238. The van der Waals surface area contributed by atoms with Crippen LogP contribution in [0, 0.1) is 24.3 Å². The molecule has 170 valence electrons. The van der Waals surface area contributed by atoms with Crippen LogP contribution >= 0.6 is 34.4 Å². The van der Waals surface area contributed by atoms with Gasteiger partial charge in [-0.25, -0.2) is 0 Å². The zero-order valence-corrected chi connectivity index (χ0v) is 22.1. The first-order chi connectivity index (χ1) is 16.3. The van der Waals surface area contributed by atoms with Crippen LogP contribution < -0.4 is 0 Å². The van der Waals surface area contributed by atoms with Gasteiger partial charge in [-0.1, -0.05) is 36.4 Å². The maximum Gasteiger partial charge on any atom is 0.293 e. The highest BCUT2D eigenvalue weighted by atomic mass is 127. The van der Waals surface area contributed by atoms with Gasteiger partial charge in [-0.3, -0.25) is 14.5 Å². The lowest BCUT2D eigenvalue weighted by Gasteiger charge is -2.13. The molecule has 34 heavy (non-hydrogen) atoms. The Hall–Kier alpha value is -2.84. The lowest BCUT2D eigenvalue weighted by atomic mass is 10.1. The van der Waals surface area contributed by atoms with Gasteiger partial charge in [0.1, 0.15) is 0 Å². The van der Waals surface area contributed by atoms with Crippen LogP contribution in [-0.4, -0.2) is 20.6 Å². The van der Waals surface area contributed by atoms with E-state index >= 15 is 0 Å². The minimum Gasteiger partial charge on any atom is -0.318 e. The molecule has 0 saturated carbocycles. The fourth-order valence-corrected chi connectivity index (χ4v) is 5.56. The van der Waals surface area contributed by atoms with E-state index in [1.54, 1.807) is 0 Å². The molecule has 1 aliphatic rings. The first-order valence-corrected chi connectivity index (χ1v) is 12.9. The quantitative estimate of drug-likeness (QED) is 0.187. The Bertz CT molecular complexity index is 1500. The van der Waals surface area contributed by atoms with Crippen molar-refractivity contribution in [3.05, 3.63) is 103 Å². The van der Waals surface area contributed by atoms with Gasteiger partial charge in [0.15, 0.2) is 0 Å². The molecule has 0 spiro atoms. The Balaban J connectivity index is 1.43. The van der Waals surface area contributed by atoms with Crippen molar-refractivity contribution in [2.24, 2.45) is 0 Å². The molecule has 1 aliphatic heterocycles. The molecule has 0 atom stereocenters. The monoisotopic (exact) mass is 578 g/mol. The third-order valence-corrected chi connectivity index (χ3v) is 8.30. The number of halogens is 1. The van der Waals surface area contributed by atoms with Crippen molar-refractivity contribution >= 4 is 62.3 Å². The number of hydrogen-bond acceptors (Lipinski definition) is 3. The smallest absolute Gasteiger partial charge is 0.293 e. The molecule has 4 nitrogen and oxygen atoms in total. The average molecular weight is 578 g/mol. The van der Waals surface area contributed by atoms with Crippen LogP contribution in [0.1, 0.15) is 28.1 Å². The molecule has 5 rings (SSSR count). The highest BCUT2D eigenvalue weighted by Gasteiger charge is 2.35. The number of amides is 2. The van der Waals surface area contributed by atoms with Gasteiger partial charge in [-0.15, -0.1) is 0 Å². The highest BCUT2D eigenvalue weighted by molar-refractivity contribution is 14.1. The summed E-state index contributed by atoms with van der Waals surface area (Å²) in [5.41, 5.74) is 6.33. The van der Waals surface area contributed by atoms with Gasteiger partial charge >= 0.3 is 0 Å². The molecule has 1 aromatic heterocycles. The zero-order valence-electron chi connectivity index (χ0n) is 19.1. The van der Waals surface area contributed by atoms with Crippen molar-refractivity contribution in [3.8, 4) is 5.69 Å². The van der Waals surface area contributed by atoms with Gasteiger partial charge in [-0.2, -0.15) is 0 Å². The van der Waals surface area contributed by atoms with Gasteiger partial charge in [0.2, 0.25) is 0 Å². The molecule has 6 heteroatoms. The van der Waals surface area contributed by atoms with Crippen molar-refractivity contribution in [2.75, 3.05) is 0 Å². The summed E-state index contributed by atoms with van der Waals surface area (Å²) < 4.78 is 3.41. The van der Waals surface area contributed by atoms with Crippen molar-refractivity contribution in [2.45, 2.75) is 27.3 Å². The van der Waals surface area contributed by atoms with E-state index in [0.29, 0.717) is 4.91 Å². The fourth-order valence-electron chi connectivity index (χ4n) is 4.40. The number of carbonyl (C=O) groups is 2. The maximum atomic E-state index is 13.2. The topological polar surface area (TPSA) is 42.3 Å². The first kappa shape index (κ1) is 22.9. The number of aryl methyl sites for hydroxylation is 2. The van der Waals surface area contributed by atoms with E-state index in [4.69, 9.17) is 0 Å². The summed E-state index contributed by atoms with van der Waals surface area (Å²) in [6.07, 6.45) is 1.85. The number of aromatic nitrogens is 1. The summed E-state index contributed by atoms with van der Waals surface area (Å²) in [5.74, 6) is -0.238. The van der Waals surface area contributed by atoms with Gasteiger partial charge in [-0.05, 0) is 119 Å². The molecule has 4 aromatic rings. The number of carbonyl (C=O) groups excluding carboxylic acids is 2. The fraction of sp³-hybridized carbons (Fsp3) is 0.143. The predicted molar refractivity (Wildman–Crippen MR) is 148 cm³/mol. The van der Waals surface area contributed by atoms with Crippen molar-refractivity contribution in [1.82, 2.24) is 9.47 Å². The Labute approximate surface area is 216 Å². The van der Waals surface area contributed by atoms with E-state index in [9.17, 15) is 9.59 Å². The number of fused-ring (bicyclic) bond motifs is 1. The molecular formula is C28H23IN2O2S. The zero-order chi connectivity index (χ0) is 24.0. The molecule has 0 radical (unpaired) electrons. The number of hydrogen-bond donors (Lipinski definition) is 0. The molecule has 3 aromatic carbocycles. The minimum absolute atomic E-state index is 0.230. The van der Waals surface area contributed by atoms with Gasteiger partial charge in [0, 0.05) is 20.6 Å². The normalized spacial score (nSPS) is 15.2. The Morgan fingerprint density at radius 2 is 1.68 bits per heavy atom. The molecule has 0 bridgehead atoms. The van der Waals surface area contributed by atoms with E-state index in [1.807, 2.05) is 49.4 Å². The van der Waals surface area contributed by atoms with E-state index in [0.717, 1.165) is 50.7 Å². The first-order valence-electron chi connectivity index (χ1n) is 11.0.